The highest BCUT2D eigenvalue weighted by Crippen LogP contribution is 2.44. The molecule has 0 atom stereocenters. The molecule has 0 aliphatic heterocycles. The van der Waals surface area contributed by atoms with Gasteiger partial charge in [-0.2, -0.15) is 40.6 Å². The number of ether oxygens (including phenoxy) is 2. The van der Waals surface area contributed by atoms with E-state index in [0.29, 0.717) is 62.3 Å². The third-order valence-corrected chi connectivity index (χ3v) is 14.9. The van der Waals surface area contributed by atoms with Crippen molar-refractivity contribution in [2.24, 2.45) is 30.7 Å². The minimum Gasteiger partial charge on any atom is -0.505 e. The van der Waals surface area contributed by atoms with Crippen LogP contribution < -0.4 is 25.8 Å². The van der Waals surface area contributed by atoms with E-state index in [1.165, 1.54) is 37.4 Å². The molecule has 8 rings (SSSR count). The number of thiol groups is 1. The van der Waals surface area contributed by atoms with Crippen molar-refractivity contribution in [2.45, 2.75) is 48.3 Å². The summed E-state index contributed by atoms with van der Waals surface area (Å²) in [5.74, 6) is -0.604. The number of nitrogens with zero attached hydrogens (tertiary/aromatic N) is 6. The normalized spacial score (nSPS) is 12.3. The minimum atomic E-state index is -5.00. The van der Waals surface area contributed by atoms with E-state index in [1.807, 2.05) is 26.0 Å². The number of carbonyl (C=O) groups excluding carboxylic acids is 1. The van der Waals surface area contributed by atoms with Crippen molar-refractivity contribution in [2.75, 3.05) is 35.8 Å². The predicted octanol–water partition coefficient (Wildman–Crippen LogP) is 13.3. The van der Waals surface area contributed by atoms with E-state index in [4.69, 9.17) is 19.8 Å². The zero-order valence-corrected chi connectivity index (χ0v) is 45.6. The number of phenols is 1. The van der Waals surface area contributed by atoms with Gasteiger partial charge in [0.05, 0.1) is 47.9 Å². The molecule has 0 aromatic heterocycles. The quantitative estimate of drug-likeness (QED) is 0.0123. The van der Waals surface area contributed by atoms with Crippen LogP contribution in [0.3, 0.4) is 0 Å². The van der Waals surface area contributed by atoms with E-state index in [0.717, 1.165) is 34.0 Å². The van der Waals surface area contributed by atoms with Gasteiger partial charge in [0.15, 0.2) is 5.75 Å². The molecule has 0 saturated heterocycles. The summed E-state index contributed by atoms with van der Waals surface area (Å²) in [6, 6.07) is 31.5. The van der Waals surface area contributed by atoms with Crippen LogP contribution in [0.2, 0.25) is 0 Å². The maximum Gasteiger partial charge on any atom is 0.296 e. The van der Waals surface area contributed by atoms with Crippen LogP contribution in [0.4, 0.5) is 56.9 Å². The van der Waals surface area contributed by atoms with E-state index in [2.05, 4.69) is 53.9 Å². The van der Waals surface area contributed by atoms with E-state index < -0.39 is 51.6 Å². The van der Waals surface area contributed by atoms with E-state index in [-0.39, 0.29) is 58.3 Å². The molecule has 79 heavy (non-hydrogen) atoms. The number of unbranched alkanes of at least 4 members (excludes halogenated alkanes) is 1. The SMILES string of the molecule is COc1cc(N=Nc2c(C)cc(N=Nc3ccc(C(=O)Nc4ccc5c(OCCCCS(=O)(=O)O)cc(S)cc5c4)cc3)cc2C)c(C)cc1N=Nc1c(S(=O)(=O)O)cc2cc(Nc3ccc(N)c(S(=O)(=O)O)c3)ccc2c1O. The van der Waals surface area contributed by atoms with Crippen LogP contribution >= 0.6 is 12.6 Å². The Labute approximate surface area is 458 Å². The fraction of sp³-hybridized carbons (Fsp3) is 0.151. The first-order valence-corrected chi connectivity index (χ1v) is 28.5. The van der Waals surface area contributed by atoms with Gasteiger partial charge in [-0.05, 0) is 176 Å². The second-order valence-corrected chi connectivity index (χ2v) is 22.8. The third-order valence-electron chi connectivity index (χ3n) is 12.0. The molecule has 0 aliphatic rings. The number of benzene rings is 8. The number of hydrogen-bond donors (Lipinski definition) is 8. The standard InChI is InChI=1S/C53H49N9O13S4/c1-29-21-45(60-62-51-49(79(71,72)73)25-34-23-36(12-15-42(34)52(51)63)55-38-13-16-43(54)48(26-38)78(68,69)70)47(74-4)28-44(29)59-61-50-30(2)19-39(20-31(50)3)58-57-35-9-7-32(8-10-35)53(64)56-37-11-14-41-33(22-37)24-40(76)27-46(41)75-17-5-6-18-77(65,66)67/h7-16,19-28,55,63,76H,5-6,17-18,54H2,1-4H3,(H,56,64)(H,65,66,67)(H,68,69,70)(H,71,72,73). The Hall–Kier alpha value is -8.37. The highest BCUT2D eigenvalue weighted by molar-refractivity contribution is 7.86. The first kappa shape index (κ1) is 56.8. The minimum absolute atomic E-state index is 0.122. The van der Waals surface area contributed by atoms with Crippen molar-refractivity contribution >= 4 is 127 Å². The molecule has 0 radical (unpaired) electrons. The molecular weight excluding hydrogens is 1100 g/mol. The topological polar surface area (TPSA) is 343 Å². The maximum absolute atomic E-state index is 13.2. The summed E-state index contributed by atoms with van der Waals surface area (Å²) in [6.07, 6.45) is 0.665. The molecule has 0 unspecified atom stereocenters. The number of fused-ring (bicyclic) bond motifs is 2. The fourth-order valence-corrected chi connectivity index (χ4v) is 10.3. The van der Waals surface area contributed by atoms with Gasteiger partial charge in [-0.1, -0.05) is 0 Å². The number of methoxy groups -OCH3 is 1. The first-order valence-electron chi connectivity index (χ1n) is 23.6. The van der Waals surface area contributed by atoms with Crippen molar-refractivity contribution < 1.29 is 58.3 Å². The molecule has 8 N–H and O–H groups in total. The van der Waals surface area contributed by atoms with Gasteiger partial charge in [-0.3, -0.25) is 18.5 Å². The summed E-state index contributed by atoms with van der Waals surface area (Å²) in [7, 11) is -12.3. The molecule has 26 heteroatoms. The zero-order chi connectivity index (χ0) is 57.0. The van der Waals surface area contributed by atoms with E-state index in [9.17, 15) is 44.3 Å². The summed E-state index contributed by atoms with van der Waals surface area (Å²) < 4.78 is 111. The lowest BCUT2D eigenvalue weighted by molar-refractivity contribution is 0.102. The Morgan fingerprint density at radius 2 is 1.20 bits per heavy atom. The lowest BCUT2D eigenvalue weighted by atomic mass is 10.1. The Morgan fingerprint density at radius 1 is 0.595 bits per heavy atom. The van der Waals surface area contributed by atoms with Gasteiger partial charge in [0.2, 0.25) is 0 Å². The number of nitrogens with one attached hydrogen (secondary N) is 2. The highest BCUT2D eigenvalue weighted by Gasteiger charge is 2.23. The highest BCUT2D eigenvalue weighted by atomic mass is 32.2. The number of azo groups is 3. The van der Waals surface area contributed by atoms with Crippen LogP contribution in [0.1, 0.15) is 39.9 Å². The van der Waals surface area contributed by atoms with Crippen LogP contribution in [-0.4, -0.2) is 69.4 Å². The monoisotopic (exact) mass is 1150 g/mol. The zero-order valence-electron chi connectivity index (χ0n) is 42.3. The lowest BCUT2D eigenvalue weighted by Gasteiger charge is -2.13. The molecule has 408 valence electrons. The summed E-state index contributed by atoms with van der Waals surface area (Å²) in [5, 5.41) is 45.0. The maximum atomic E-state index is 13.2. The number of rotatable bonds is 19. The smallest absolute Gasteiger partial charge is 0.296 e. The molecule has 22 nitrogen and oxygen atoms in total. The van der Waals surface area contributed by atoms with Gasteiger partial charge < -0.3 is 30.9 Å². The molecular formula is C53H49N9O13S4. The van der Waals surface area contributed by atoms with Gasteiger partial charge in [0, 0.05) is 44.4 Å². The summed E-state index contributed by atoms with van der Waals surface area (Å²) in [6.45, 7) is 5.65. The summed E-state index contributed by atoms with van der Waals surface area (Å²) in [5.41, 5.74) is 10.6. The number of aryl methyl sites for hydroxylation is 3. The van der Waals surface area contributed by atoms with Gasteiger partial charge >= 0.3 is 0 Å². The lowest BCUT2D eigenvalue weighted by Crippen LogP contribution is -2.11. The average molecular weight is 1150 g/mol. The number of amides is 1. The van der Waals surface area contributed by atoms with Crippen LogP contribution in [0.5, 0.6) is 17.2 Å². The van der Waals surface area contributed by atoms with Crippen molar-refractivity contribution in [3.05, 3.63) is 144 Å². The van der Waals surface area contributed by atoms with E-state index in [1.54, 1.807) is 73.7 Å². The molecule has 8 aromatic rings. The largest absolute Gasteiger partial charge is 0.505 e. The van der Waals surface area contributed by atoms with Crippen LogP contribution in [-0.2, 0) is 30.4 Å². The first-order chi connectivity index (χ1) is 37.3. The molecule has 0 aliphatic carbocycles. The van der Waals surface area contributed by atoms with E-state index >= 15 is 0 Å². The number of aromatic hydroxyl groups is 1. The molecule has 1 amide bonds. The number of anilines is 4. The molecule has 0 saturated carbocycles. The number of nitrogen functional groups attached to an aromatic ring is 1. The fourth-order valence-electron chi connectivity index (χ4n) is 8.18. The second kappa shape index (κ2) is 23.3. The number of hydrogen-bond acceptors (Lipinski definition) is 19. The Balaban J connectivity index is 0.928. The molecule has 0 bridgehead atoms. The van der Waals surface area contributed by atoms with Crippen molar-refractivity contribution in [3.63, 3.8) is 0 Å². The van der Waals surface area contributed by atoms with Crippen LogP contribution in [0.25, 0.3) is 21.5 Å². The van der Waals surface area contributed by atoms with Crippen molar-refractivity contribution in [1.82, 2.24) is 0 Å². The van der Waals surface area contributed by atoms with Gasteiger partial charge in [-0.25, -0.2) is 0 Å². The molecule has 0 spiro atoms. The molecule has 0 fully saturated rings. The summed E-state index contributed by atoms with van der Waals surface area (Å²) >= 11 is 4.49. The Morgan fingerprint density at radius 3 is 1.89 bits per heavy atom. The van der Waals surface area contributed by atoms with Gasteiger partial charge in [0.1, 0.15) is 32.7 Å². The van der Waals surface area contributed by atoms with Crippen LogP contribution in [0.15, 0.2) is 167 Å². The molecule has 8 aromatic carbocycles. The Bertz CT molecular complexity index is 4160. The predicted molar refractivity (Wildman–Crippen MR) is 302 cm³/mol. The van der Waals surface area contributed by atoms with Gasteiger partial charge in [-0.15, -0.1) is 28.0 Å². The summed E-state index contributed by atoms with van der Waals surface area (Å²) in [4.78, 5) is 12.6. The average Bonchev–Trinajstić information content (AvgIpc) is 3.38. The van der Waals surface area contributed by atoms with Crippen molar-refractivity contribution in [3.8, 4) is 17.2 Å². The number of carbonyl (C=O) groups is 1. The van der Waals surface area contributed by atoms with Crippen molar-refractivity contribution in [1.29, 1.82) is 0 Å². The molecule has 0 heterocycles. The number of nitrogens with two attached hydrogens (primary N) is 1. The van der Waals surface area contributed by atoms with Crippen LogP contribution in [0, 0.1) is 20.8 Å². The Kier molecular flexibility index (Phi) is 16.8. The third kappa shape index (κ3) is 14.0. The van der Waals surface area contributed by atoms with Gasteiger partial charge in [0.25, 0.3) is 36.3 Å². The number of phenolic OH excluding ortho intramolecular Hbond substituents is 1. The second-order valence-electron chi connectivity index (χ2n) is 17.9.